The van der Waals surface area contributed by atoms with E-state index in [0.717, 1.165) is 11.3 Å². The Balaban J connectivity index is 1.91. The van der Waals surface area contributed by atoms with Crippen molar-refractivity contribution in [3.8, 4) is 5.75 Å². The summed E-state index contributed by atoms with van der Waals surface area (Å²) in [5, 5.41) is 0. The number of pyridine rings is 1. The summed E-state index contributed by atoms with van der Waals surface area (Å²) in [5.41, 5.74) is 8.01. The topological polar surface area (TPSA) is 68.5 Å². The van der Waals surface area contributed by atoms with Gasteiger partial charge in [-0.25, -0.2) is 0 Å². The van der Waals surface area contributed by atoms with Crippen LogP contribution in [0.3, 0.4) is 0 Å². The molecule has 1 aliphatic heterocycles. The molecule has 2 heterocycles. The molecule has 21 heavy (non-hydrogen) atoms. The number of amides is 1. The number of hydrogen-bond acceptors (Lipinski definition) is 4. The minimum absolute atomic E-state index is 0.0173. The monoisotopic (exact) mass is 283 g/mol. The number of aromatic nitrogens is 1. The van der Waals surface area contributed by atoms with Crippen molar-refractivity contribution in [2.45, 2.75) is 12.3 Å². The van der Waals surface area contributed by atoms with Gasteiger partial charge in [0.25, 0.3) is 0 Å². The van der Waals surface area contributed by atoms with Gasteiger partial charge in [0.15, 0.2) is 0 Å². The molecular weight excluding hydrogens is 266 g/mol. The third kappa shape index (κ3) is 2.42. The minimum atomic E-state index is -0.201. The summed E-state index contributed by atoms with van der Waals surface area (Å²) < 4.78 is 5.61. The number of hydrogen-bond donors (Lipinski definition) is 1. The lowest BCUT2D eigenvalue weighted by atomic mass is 9.92. The lowest BCUT2D eigenvalue weighted by Crippen LogP contribution is -2.34. The molecule has 2 N–H and O–H groups in total. The van der Waals surface area contributed by atoms with Gasteiger partial charge in [-0.3, -0.25) is 9.78 Å². The minimum Gasteiger partial charge on any atom is -0.493 e. The number of carbonyl (C=O) groups excluding carboxylic acids is 1. The molecule has 0 radical (unpaired) electrons. The number of nitrogen functional groups attached to an aromatic ring is 1. The molecule has 0 spiro atoms. The molecule has 0 fully saturated rings. The third-order valence-electron chi connectivity index (χ3n) is 3.78. The highest BCUT2D eigenvalue weighted by atomic mass is 16.5. The van der Waals surface area contributed by atoms with Crippen LogP contribution in [-0.4, -0.2) is 24.5 Å². The molecule has 1 unspecified atom stereocenters. The number of benzene rings is 1. The van der Waals surface area contributed by atoms with E-state index in [4.69, 9.17) is 10.5 Å². The zero-order chi connectivity index (χ0) is 14.8. The van der Waals surface area contributed by atoms with Crippen LogP contribution in [0.4, 0.5) is 11.4 Å². The van der Waals surface area contributed by atoms with Crippen LogP contribution in [0, 0.1) is 0 Å². The average Bonchev–Trinajstić information content (AvgIpc) is 2.53. The largest absolute Gasteiger partial charge is 0.493 e. The summed E-state index contributed by atoms with van der Waals surface area (Å²) in [5.74, 6) is 0.606. The first kappa shape index (κ1) is 13.4. The Morgan fingerprint density at radius 2 is 2.19 bits per heavy atom. The van der Waals surface area contributed by atoms with Gasteiger partial charge in [-0.2, -0.15) is 0 Å². The molecule has 0 aliphatic carbocycles. The zero-order valence-corrected chi connectivity index (χ0v) is 11.8. The number of rotatable bonds is 2. The first-order chi connectivity index (χ1) is 10.2. The quantitative estimate of drug-likeness (QED) is 0.917. The highest BCUT2D eigenvalue weighted by Gasteiger charge is 2.30. The second-order valence-electron chi connectivity index (χ2n) is 5.06. The van der Waals surface area contributed by atoms with Crippen LogP contribution >= 0.6 is 0 Å². The molecule has 1 aliphatic rings. The van der Waals surface area contributed by atoms with Crippen LogP contribution in [0.2, 0.25) is 0 Å². The van der Waals surface area contributed by atoms with Gasteiger partial charge in [-0.15, -0.1) is 0 Å². The maximum Gasteiger partial charge on any atom is 0.234 e. The molecule has 5 nitrogen and oxygen atoms in total. The van der Waals surface area contributed by atoms with Gasteiger partial charge in [-0.1, -0.05) is 18.2 Å². The van der Waals surface area contributed by atoms with Crippen molar-refractivity contribution in [1.29, 1.82) is 0 Å². The first-order valence-electron chi connectivity index (χ1n) is 6.87. The number of nitrogens with zero attached hydrogens (tertiary/aromatic N) is 2. The molecule has 1 aromatic heterocycles. The summed E-state index contributed by atoms with van der Waals surface area (Å²) in [4.78, 5) is 18.4. The van der Waals surface area contributed by atoms with E-state index in [-0.39, 0.29) is 11.8 Å². The number of likely N-dealkylation sites (N-methyl/N-ethyl adjacent to an activating group) is 1. The van der Waals surface area contributed by atoms with Crippen molar-refractivity contribution in [2.75, 3.05) is 24.3 Å². The number of para-hydroxylation sites is 1. The van der Waals surface area contributed by atoms with Crippen molar-refractivity contribution in [2.24, 2.45) is 0 Å². The standard InChI is InChI=1S/C16H17N3O2/c1-19(14-6-8-18-10-13(14)17)16(20)12-7-9-21-15-5-3-2-4-11(12)15/h2-6,8,10,12H,7,9,17H2,1H3. The van der Waals surface area contributed by atoms with Gasteiger partial charge < -0.3 is 15.4 Å². The molecule has 0 saturated carbocycles. The van der Waals surface area contributed by atoms with Crippen molar-refractivity contribution in [1.82, 2.24) is 4.98 Å². The van der Waals surface area contributed by atoms with Crippen LogP contribution < -0.4 is 15.4 Å². The Labute approximate surface area is 123 Å². The summed E-state index contributed by atoms with van der Waals surface area (Å²) in [6, 6.07) is 9.43. The summed E-state index contributed by atoms with van der Waals surface area (Å²) in [7, 11) is 1.74. The van der Waals surface area contributed by atoms with Gasteiger partial charge in [0.05, 0.1) is 30.1 Å². The van der Waals surface area contributed by atoms with Gasteiger partial charge in [0.2, 0.25) is 5.91 Å². The van der Waals surface area contributed by atoms with E-state index in [0.29, 0.717) is 24.4 Å². The molecule has 108 valence electrons. The predicted molar refractivity (Wildman–Crippen MR) is 81.4 cm³/mol. The van der Waals surface area contributed by atoms with Crippen molar-refractivity contribution < 1.29 is 9.53 Å². The highest BCUT2D eigenvalue weighted by Crippen LogP contribution is 2.35. The fourth-order valence-corrected chi connectivity index (χ4v) is 2.66. The number of nitrogens with two attached hydrogens (primary N) is 1. The zero-order valence-electron chi connectivity index (χ0n) is 11.8. The Kier molecular flexibility index (Phi) is 3.48. The predicted octanol–water partition coefficient (Wildman–Crippen LogP) is 2.19. The molecule has 5 heteroatoms. The van der Waals surface area contributed by atoms with Crippen molar-refractivity contribution >= 4 is 17.3 Å². The van der Waals surface area contributed by atoms with E-state index in [9.17, 15) is 4.79 Å². The first-order valence-corrected chi connectivity index (χ1v) is 6.87. The normalized spacial score (nSPS) is 16.7. The summed E-state index contributed by atoms with van der Waals surface area (Å²) in [6.45, 7) is 0.549. The Morgan fingerprint density at radius 3 is 3.00 bits per heavy atom. The second-order valence-corrected chi connectivity index (χ2v) is 5.06. The van der Waals surface area contributed by atoms with E-state index >= 15 is 0 Å². The SMILES string of the molecule is CN(C(=O)C1CCOc2ccccc21)c1ccncc1N. The number of ether oxygens (including phenoxy) is 1. The second kappa shape index (κ2) is 5.44. The molecule has 0 saturated heterocycles. The molecule has 1 aromatic carbocycles. The van der Waals surface area contributed by atoms with Crippen LogP contribution in [0.25, 0.3) is 0 Å². The fourth-order valence-electron chi connectivity index (χ4n) is 2.66. The Hall–Kier alpha value is -2.56. The van der Waals surface area contributed by atoms with Crippen molar-refractivity contribution in [3.05, 3.63) is 48.3 Å². The molecule has 0 bridgehead atoms. The Morgan fingerprint density at radius 1 is 1.38 bits per heavy atom. The molecule has 2 aromatic rings. The number of anilines is 2. The molecule has 1 amide bonds. The maximum absolute atomic E-state index is 12.8. The van der Waals surface area contributed by atoms with Gasteiger partial charge in [0.1, 0.15) is 5.75 Å². The maximum atomic E-state index is 12.8. The highest BCUT2D eigenvalue weighted by molar-refractivity contribution is 6.00. The van der Waals surface area contributed by atoms with Crippen LogP contribution in [0.1, 0.15) is 17.9 Å². The van der Waals surface area contributed by atoms with E-state index in [2.05, 4.69) is 4.98 Å². The molecular formula is C16H17N3O2. The average molecular weight is 283 g/mol. The molecule has 1 atom stereocenters. The van der Waals surface area contributed by atoms with Crippen molar-refractivity contribution in [3.63, 3.8) is 0 Å². The van der Waals surface area contributed by atoms with Crippen LogP contribution in [0.5, 0.6) is 5.75 Å². The van der Waals surface area contributed by atoms with Crippen LogP contribution in [0.15, 0.2) is 42.7 Å². The van der Waals surface area contributed by atoms with E-state index in [1.807, 2.05) is 24.3 Å². The lowest BCUT2D eigenvalue weighted by molar-refractivity contribution is -0.120. The summed E-state index contributed by atoms with van der Waals surface area (Å²) >= 11 is 0. The van der Waals surface area contributed by atoms with Crippen LogP contribution in [-0.2, 0) is 4.79 Å². The number of fused-ring (bicyclic) bond motifs is 1. The van der Waals surface area contributed by atoms with Gasteiger partial charge >= 0.3 is 0 Å². The van der Waals surface area contributed by atoms with E-state index in [1.165, 1.54) is 0 Å². The smallest absolute Gasteiger partial charge is 0.234 e. The van der Waals surface area contributed by atoms with E-state index in [1.54, 1.807) is 30.4 Å². The van der Waals surface area contributed by atoms with E-state index < -0.39 is 0 Å². The third-order valence-corrected chi connectivity index (χ3v) is 3.78. The van der Waals surface area contributed by atoms with Gasteiger partial charge in [-0.05, 0) is 18.6 Å². The fraction of sp³-hybridized carbons (Fsp3) is 0.250. The Bertz CT molecular complexity index is 672. The summed E-state index contributed by atoms with van der Waals surface area (Å²) in [6.07, 6.45) is 3.86. The van der Waals surface area contributed by atoms with Gasteiger partial charge in [0, 0.05) is 18.8 Å². The number of carbonyl (C=O) groups is 1. The lowest BCUT2D eigenvalue weighted by Gasteiger charge is -2.29. The molecule has 3 rings (SSSR count).